The van der Waals surface area contributed by atoms with Gasteiger partial charge in [-0.3, -0.25) is 24.2 Å². The van der Waals surface area contributed by atoms with Crippen LogP contribution in [0.25, 0.3) is 5.76 Å². The fourth-order valence-corrected chi connectivity index (χ4v) is 5.42. The third-order valence-electron chi connectivity index (χ3n) is 7.03. The fraction of sp³-hybridized carbons (Fsp3) is 0.161. The van der Waals surface area contributed by atoms with Gasteiger partial charge < -0.3 is 9.84 Å². The van der Waals surface area contributed by atoms with Crippen molar-refractivity contribution in [1.29, 1.82) is 0 Å². The second kappa shape index (κ2) is 10.1. The number of anilines is 2. The zero-order valence-electron chi connectivity index (χ0n) is 22.0. The van der Waals surface area contributed by atoms with Crippen LogP contribution in [0.5, 0.6) is 0 Å². The molecular formula is C31H25ClN2O6. The molecule has 0 saturated carbocycles. The summed E-state index contributed by atoms with van der Waals surface area (Å²) in [6.45, 7) is 5.02. The maximum Gasteiger partial charge on any atom is 0.339 e. The predicted molar refractivity (Wildman–Crippen MR) is 151 cm³/mol. The lowest BCUT2D eigenvalue weighted by molar-refractivity contribution is -0.140. The number of carbonyl (C=O) groups excluding carboxylic acids is 4. The number of nitrogens with zero attached hydrogens (tertiary/aromatic N) is 2. The summed E-state index contributed by atoms with van der Waals surface area (Å²) in [7, 11) is 0. The molecule has 1 atom stereocenters. The Bertz CT molecular complexity index is 1610. The number of rotatable bonds is 5. The van der Waals surface area contributed by atoms with E-state index in [2.05, 4.69) is 0 Å². The number of amides is 2. The van der Waals surface area contributed by atoms with Gasteiger partial charge in [-0.2, -0.15) is 0 Å². The minimum atomic E-state index is -2.35. The number of hydrogen-bond donors (Lipinski definition) is 1. The summed E-state index contributed by atoms with van der Waals surface area (Å²) in [6.07, 6.45) is 0. The smallest absolute Gasteiger partial charge is 0.339 e. The Morgan fingerprint density at radius 1 is 0.900 bits per heavy atom. The highest BCUT2D eigenvalue weighted by Crippen LogP contribution is 2.52. The van der Waals surface area contributed by atoms with Crippen molar-refractivity contribution in [1.82, 2.24) is 0 Å². The van der Waals surface area contributed by atoms with Crippen LogP contribution in [-0.4, -0.2) is 40.8 Å². The van der Waals surface area contributed by atoms with Gasteiger partial charge in [0.15, 0.2) is 5.54 Å². The van der Waals surface area contributed by atoms with E-state index in [4.69, 9.17) is 16.3 Å². The lowest BCUT2D eigenvalue weighted by atomic mass is 9.80. The molecule has 3 aromatic carbocycles. The minimum absolute atomic E-state index is 0.0279. The van der Waals surface area contributed by atoms with Gasteiger partial charge in [0, 0.05) is 27.7 Å². The minimum Gasteiger partial charge on any atom is -0.507 e. The van der Waals surface area contributed by atoms with Crippen molar-refractivity contribution < 1.29 is 29.0 Å². The van der Waals surface area contributed by atoms with Gasteiger partial charge in [0.1, 0.15) is 5.76 Å². The molecule has 8 nitrogen and oxygen atoms in total. The maximum atomic E-state index is 14.8. The van der Waals surface area contributed by atoms with E-state index in [1.165, 1.54) is 29.2 Å². The quantitative estimate of drug-likeness (QED) is 0.202. The van der Waals surface area contributed by atoms with E-state index in [-0.39, 0.29) is 29.1 Å². The molecule has 1 N–H and O–H groups in total. The lowest BCUT2D eigenvalue weighted by Crippen LogP contribution is -2.57. The molecule has 0 aliphatic carbocycles. The van der Waals surface area contributed by atoms with Crippen LogP contribution in [-0.2, 0) is 23.9 Å². The standard InChI is InChI=1S/C31H25ClN2O6/c1-4-40-29(38)24-19(3)33(22-16-10-18(2)11-17-22)30(39)31(24)25(26(35)20-12-14-21(32)15-13-20)27(36)28(37)34(31)23-8-6-5-7-9-23/h5-17,35H,4H2,1-3H3/b26-25+. The third-order valence-corrected chi connectivity index (χ3v) is 7.29. The number of benzene rings is 3. The molecule has 0 bridgehead atoms. The normalized spacial score (nSPS) is 20.1. The van der Waals surface area contributed by atoms with E-state index in [0.29, 0.717) is 10.7 Å². The van der Waals surface area contributed by atoms with Gasteiger partial charge in [-0.25, -0.2) is 4.79 Å². The van der Waals surface area contributed by atoms with Crippen molar-refractivity contribution in [2.24, 2.45) is 0 Å². The largest absolute Gasteiger partial charge is 0.507 e. The van der Waals surface area contributed by atoms with E-state index in [0.717, 1.165) is 10.5 Å². The summed E-state index contributed by atoms with van der Waals surface area (Å²) in [5, 5.41) is 12.0. The lowest BCUT2D eigenvalue weighted by Gasteiger charge is -2.35. The molecule has 1 unspecified atom stereocenters. The summed E-state index contributed by atoms with van der Waals surface area (Å²) in [6, 6.07) is 21.0. The first-order chi connectivity index (χ1) is 19.1. The zero-order chi connectivity index (χ0) is 28.8. The highest BCUT2D eigenvalue weighted by atomic mass is 35.5. The molecule has 2 aliphatic rings. The van der Waals surface area contributed by atoms with Crippen LogP contribution in [0.15, 0.2) is 95.7 Å². The molecule has 0 radical (unpaired) electrons. The Morgan fingerprint density at radius 2 is 1.52 bits per heavy atom. The summed E-state index contributed by atoms with van der Waals surface area (Å²) < 4.78 is 5.39. The van der Waals surface area contributed by atoms with Crippen LogP contribution < -0.4 is 9.80 Å². The number of aliphatic hydroxyl groups excluding tert-OH is 1. The first-order valence-electron chi connectivity index (χ1n) is 12.6. The molecule has 1 spiro atoms. The van der Waals surface area contributed by atoms with Crippen molar-refractivity contribution in [2.45, 2.75) is 26.3 Å². The number of aliphatic hydroxyl groups is 1. The van der Waals surface area contributed by atoms with Crippen molar-refractivity contribution in [3.63, 3.8) is 0 Å². The van der Waals surface area contributed by atoms with Crippen LogP contribution >= 0.6 is 11.6 Å². The predicted octanol–water partition coefficient (Wildman–Crippen LogP) is 5.16. The molecule has 40 heavy (non-hydrogen) atoms. The second-order valence-electron chi connectivity index (χ2n) is 9.40. The molecule has 5 rings (SSSR count). The third kappa shape index (κ3) is 3.91. The highest BCUT2D eigenvalue weighted by molar-refractivity contribution is 6.56. The van der Waals surface area contributed by atoms with Crippen molar-refractivity contribution in [3.8, 4) is 0 Å². The SMILES string of the molecule is CCOC(=O)C1=C(C)N(c2ccc(C)cc2)C(=O)C12/C(=C(/O)c1ccc(Cl)cc1)C(=O)C(=O)N2c1ccccc1. The Labute approximate surface area is 235 Å². The maximum absolute atomic E-state index is 14.8. The second-order valence-corrected chi connectivity index (χ2v) is 9.84. The first-order valence-corrected chi connectivity index (χ1v) is 13.0. The molecule has 9 heteroatoms. The molecule has 202 valence electrons. The molecule has 0 aromatic heterocycles. The number of Topliss-reactive ketones (excluding diaryl/α,β-unsaturated/α-hetero) is 1. The molecule has 1 saturated heterocycles. The van der Waals surface area contributed by atoms with Gasteiger partial charge in [-0.1, -0.05) is 47.5 Å². The summed E-state index contributed by atoms with van der Waals surface area (Å²) in [5.41, 5.74) is -1.28. The van der Waals surface area contributed by atoms with E-state index in [1.54, 1.807) is 68.4 Å². The summed E-state index contributed by atoms with van der Waals surface area (Å²) in [4.78, 5) is 58.4. The zero-order valence-corrected chi connectivity index (χ0v) is 22.7. The summed E-state index contributed by atoms with van der Waals surface area (Å²) in [5.74, 6) is -4.49. The average molecular weight is 557 g/mol. The van der Waals surface area contributed by atoms with Gasteiger partial charge in [-0.05, 0) is 69.3 Å². The fourth-order valence-electron chi connectivity index (χ4n) is 5.29. The van der Waals surface area contributed by atoms with Gasteiger partial charge >= 0.3 is 11.9 Å². The van der Waals surface area contributed by atoms with Crippen molar-refractivity contribution in [3.05, 3.63) is 112 Å². The van der Waals surface area contributed by atoms with Gasteiger partial charge in [-0.15, -0.1) is 0 Å². The first kappa shape index (κ1) is 26.9. The molecule has 2 amide bonds. The highest BCUT2D eigenvalue weighted by Gasteiger charge is 2.70. The van der Waals surface area contributed by atoms with E-state index in [9.17, 15) is 24.3 Å². The van der Waals surface area contributed by atoms with Crippen LogP contribution in [0.1, 0.15) is 25.0 Å². The number of ether oxygens (including phenoxy) is 1. The Hall–Kier alpha value is -4.69. The number of allylic oxidation sites excluding steroid dienone is 1. The van der Waals surface area contributed by atoms with Crippen LogP contribution in [0.3, 0.4) is 0 Å². The Balaban J connectivity index is 1.91. The van der Waals surface area contributed by atoms with Gasteiger partial charge in [0.2, 0.25) is 0 Å². The summed E-state index contributed by atoms with van der Waals surface area (Å²) >= 11 is 6.04. The van der Waals surface area contributed by atoms with Crippen LogP contribution in [0, 0.1) is 6.92 Å². The van der Waals surface area contributed by atoms with Gasteiger partial charge in [0.05, 0.1) is 17.8 Å². The van der Waals surface area contributed by atoms with Crippen molar-refractivity contribution >= 4 is 52.3 Å². The van der Waals surface area contributed by atoms with E-state index < -0.39 is 40.4 Å². The molecule has 1 fully saturated rings. The average Bonchev–Trinajstić information content (AvgIpc) is 3.30. The molecule has 2 heterocycles. The Kier molecular flexibility index (Phi) is 6.81. The Morgan fingerprint density at radius 3 is 2.12 bits per heavy atom. The molecular weight excluding hydrogens is 532 g/mol. The van der Waals surface area contributed by atoms with Crippen LogP contribution in [0.2, 0.25) is 5.02 Å². The number of aryl methyl sites for hydroxylation is 1. The van der Waals surface area contributed by atoms with E-state index in [1.807, 2.05) is 6.92 Å². The number of carbonyl (C=O) groups is 4. The number of halogens is 1. The number of ketones is 1. The van der Waals surface area contributed by atoms with Crippen LogP contribution in [0.4, 0.5) is 11.4 Å². The number of hydrogen-bond acceptors (Lipinski definition) is 6. The molecule has 2 aliphatic heterocycles. The van der Waals surface area contributed by atoms with Gasteiger partial charge in [0.25, 0.3) is 11.7 Å². The van der Waals surface area contributed by atoms with E-state index >= 15 is 0 Å². The van der Waals surface area contributed by atoms with Crippen molar-refractivity contribution in [2.75, 3.05) is 16.4 Å². The topological polar surface area (TPSA) is 104 Å². The monoisotopic (exact) mass is 556 g/mol. The number of para-hydroxylation sites is 1. The molecule has 3 aromatic rings. The number of esters is 1.